The fourth-order valence-electron chi connectivity index (χ4n) is 2.12. The number of rotatable bonds is 3. The van der Waals surface area contributed by atoms with Gasteiger partial charge in [-0.05, 0) is 37.8 Å². The van der Waals surface area contributed by atoms with Gasteiger partial charge in [-0.15, -0.1) is 0 Å². The smallest absolute Gasteiger partial charge is 0.232 e. The maximum atomic E-state index is 13.5. The van der Waals surface area contributed by atoms with Crippen LogP contribution in [0.2, 0.25) is 0 Å². The van der Waals surface area contributed by atoms with Crippen LogP contribution in [0.25, 0.3) is 0 Å². The van der Waals surface area contributed by atoms with E-state index in [4.69, 9.17) is 0 Å². The van der Waals surface area contributed by atoms with Crippen molar-refractivity contribution in [1.29, 1.82) is 0 Å². The molecule has 0 fully saturated rings. The number of nitrogens with zero attached hydrogens (tertiary/aromatic N) is 2. The van der Waals surface area contributed by atoms with Crippen molar-refractivity contribution in [2.45, 2.75) is 32.1 Å². The van der Waals surface area contributed by atoms with Crippen molar-refractivity contribution in [2.24, 2.45) is 0 Å². The molecule has 18 heavy (non-hydrogen) atoms. The van der Waals surface area contributed by atoms with E-state index in [9.17, 15) is 9.18 Å². The summed E-state index contributed by atoms with van der Waals surface area (Å²) in [4.78, 5) is 17.2. The predicted octanol–water partition coefficient (Wildman–Crippen LogP) is 3.07. The molecular weight excluding hydrogens is 231 g/mol. The molecule has 1 aromatic rings. The molecule has 0 radical (unpaired) electrons. The Morgan fingerprint density at radius 3 is 3.00 bits per heavy atom. The number of hydrogen-bond donors (Lipinski definition) is 0. The Hall–Kier alpha value is -1.71. The van der Waals surface area contributed by atoms with Gasteiger partial charge in [-0.25, -0.2) is 9.37 Å². The lowest BCUT2D eigenvalue weighted by atomic mass is 9.97. The molecule has 2 rings (SSSR count). The highest BCUT2D eigenvalue weighted by Gasteiger charge is 2.17. The van der Waals surface area contributed by atoms with E-state index < -0.39 is 5.82 Å². The number of aromatic nitrogens is 1. The van der Waals surface area contributed by atoms with Crippen LogP contribution < -0.4 is 4.90 Å². The molecule has 0 saturated carbocycles. The number of amides is 1. The Kier molecular flexibility index (Phi) is 4.07. The first-order chi connectivity index (χ1) is 8.68. The Morgan fingerprint density at radius 1 is 1.50 bits per heavy atom. The fourth-order valence-corrected chi connectivity index (χ4v) is 2.12. The van der Waals surface area contributed by atoms with Gasteiger partial charge in [0.15, 0.2) is 11.6 Å². The summed E-state index contributed by atoms with van der Waals surface area (Å²) in [6.07, 6.45) is 8.34. The monoisotopic (exact) mass is 248 g/mol. The molecule has 0 bridgehead atoms. The average Bonchev–Trinajstić information content (AvgIpc) is 2.39. The van der Waals surface area contributed by atoms with E-state index in [0.717, 1.165) is 24.8 Å². The maximum Gasteiger partial charge on any atom is 0.232 e. The Bertz CT molecular complexity index is 471. The van der Waals surface area contributed by atoms with E-state index in [0.29, 0.717) is 6.42 Å². The molecule has 0 aliphatic heterocycles. The van der Waals surface area contributed by atoms with Gasteiger partial charge >= 0.3 is 0 Å². The van der Waals surface area contributed by atoms with Gasteiger partial charge in [0.2, 0.25) is 5.91 Å². The van der Waals surface area contributed by atoms with E-state index >= 15 is 0 Å². The number of pyridine rings is 1. The van der Waals surface area contributed by atoms with E-state index in [2.05, 4.69) is 11.1 Å². The van der Waals surface area contributed by atoms with E-state index in [1.54, 1.807) is 7.05 Å². The molecule has 1 aromatic heterocycles. The van der Waals surface area contributed by atoms with Gasteiger partial charge in [-0.3, -0.25) is 9.69 Å². The number of halogens is 1. The van der Waals surface area contributed by atoms with Crippen LogP contribution in [0.3, 0.4) is 0 Å². The largest absolute Gasteiger partial charge is 0.297 e. The normalized spacial score (nSPS) is 15.1. The molecule has 1 aliphatic rings. The van der Waals surface area contributed by atoms with Gasteiger partial charge in [-0.2, -0.15) is 0 Å². The SMILES string of the molecule is CN(C(=O)CC1=CCCCC1)c1ncccc1F. The number of hydrogen-bond acceptors (Lipinski definition) is 2. The Morgan fingerprint density at radius 2 is 2.33 bits per heavy atom. The highest BCUT2D eigenvalue weighted by Crippen LogP contribution is 2.22. The molecule has 0 aromatic carbocycles. The molecule has 1 amide bonds. The van der Waals surface area contributed by atoms with Crippen LogP contribution in [-0.2, 0) is 4.79 Å². The number of carbonyl (C=O) groups excluding carboxylic acids is 1. The molecule has 1 aliphatic carbocycles. The van der Waals surface area contributed by atoms with Crippen molar-refractivity contribution in [1.82, 2.24) is 4.98 Å². The highest BCUT2D eigenvalue weighted by molar-refractivity contribution is 5.93. The average molecular weight is 248 g/mol. The molecule has 0 saturated heterocycles. The van der Waals surface area contributed by atoms with Crippen molar-refractivity contribution >= 4 is 11.7 Å². The third kappa shape index (κ3) is 2.94. The van der Waals surface area contributed by atoms with Crippen molar-refractivity contribution < 1.29 is 9.18 Å². The van der Waals surface area contributed by atoms with E-state index in [-0.39, 0.29) is 11.7 Å². The van der Waals surface area contributed by atoms with E-state index in [1.807, 2.05) is 0 Å². The first-order valence-corrected chi connectivity index (χ1v) is 6.23. The zero-order valence-electron chi connectivity index (χ0n) is 10.5. The second kappa shape index (κ2) is 5.76. The summed E-state index contributed by atoms with van der Waals surface area (Å²) < 4.78 is 13.5. The standard InChI is InChI=1S/C14H17FN2O/c1-17(14-12(15)8-5-9-16-14)13(18)10-11-6-3-2-4-7-11/h5-6,8-9H,2-4,7,10H2,1H3. The molecule has 0 unspecified atom stereocenters. The second-order valence-electron chi connectivity index (χ2n) is 4.55. The number of allylic oxidation sites excluding steroid dienone is 1. The highest BCUT2D eigenvalue weighted by atomic mass is 19.1. The van der Waals surface area contributed by atoms with Gasteiger partial charge in [0.05, 0.1) is 0 Å². The summed E-state index contributed by atoms with van der Waals surface area (Å²) in [7, 11) is 1.57. The molecule has 1 heterocycles. The summed E-state index contributed by atoms with van der Waals surface area (Å²) in [6, 6.07) is 2.83. The Labute approximate surface area is 106 Å². The predicted molar refractivity (Wildman–Crippen MR) is 68.8 cm³/mol. The van der Waals surface area contributed by atoms with Crippen LogP contribution in [0.4, 0.5) is 10.2 Å². The lowest BCUT2D eigenvalue weighted by Gasteiger charge is -2.19. The third-order valence-electron chi connectivity index (χ3n) is 3.19. The van der Waals surface area contributed by atoms with Crippen molar-refractivity contribution in [3.05, 3.63) is 35.8 Å². The Balaban J connectivity index is 2.05. The van der Waals surface area contributed by atoms with Gasteiger partial charge in [0.1, 0.15) is 0 Å². The zero-order chi connectivity index (χ0) is 13.0. The summed E-state index contributed by atoms with van der Waals surface area (Å²) in [5.74, 6) is -0.481. The zero-order valence-corrected chi connectivity index (χ0v) is 10.5. The van der Waals surface area contributed by atoms with Gasteiger partial charge in [0, 0.05) is 19.7 Å². The molecular formula is C14H17FN2O. The minimum Gasteiger partial charge on any atom is -0.297 e. The lowest BCUT2D eigenvalue weighted by molar-refractivity contribution is -0.117. The van der Waals surface area contributed by atoms with Crippen LogP contribution >= 0.6 is 0 Å². The molecule has 0 spiro atoms. The minimum atomic E-state index is -0.467. The first-order valence-electron chi connectivity index (χ1n) is 6.23. The molecule has 0 atom stereocenters. The van der Waals surface area contributed by atoms with Crippen LogP contribution in [0.15, 0.2) is 30.0 Å². The minimum absolute atomic E-state index is 0.0962. The molecule has 96 valence electrons. The van der Waals surface area contributed by atoms with Crippen molar-refractivity contribution in [3.63, 3.8) is 0 Å². The van der Waals surface area contributed by atoms with Crippen LogP contribution in [0.1, 0.15) is 32.1 Å². The molecule has 4 heteroatoms. The van der Waals surface area contributed by atoms with Gasteiger partial charge in [-0.1, -0.05) is 11.6 Å². The molecule has 0 N–H and O–H groups in total. The third-order valence-corrected chi connectivity index (χ3v) is 3.19. The fraction of sp³-hybridized carbons (Fsp3) is 0.429. The second-order valence-corrected chi connectivity index (χ2v) is 4.55. The maximum absolute atomic E-state index is 13.5. The van der Waals surface area contributed by atoms with Crippen LogP contribution in [0, 0.1) is 5.82 Å². The van der Waals surface area contributed by atoms with Crippen molar-refractivity contribution in [3.8, 4) is 0 Å². The number of anilines is 1. The van der Waals surface area contributed by atoms with Crippen LogP contribution in [0.5, 0.6) is 0 Å². The summed E-state index contributed by atoms with van der Waals surface area (Å²) in [6.45, 7) is 0. The van der Waals surface area contributed by atoms with E-state index in [1.165, 1.54) is 29.7 Å². The van der Waals surface area contributed by atoms with Crippen LogP contribution in [-0.4, -0.2) is 17.9 Å². The summed E-state index contributed by atoms with van der Waals surface area (Å²) in [5, 5.41) is 0. The summed E-state index contributed by atoms with van der Waals surface area (Å²) in [5.41, 5.74) is 1.16. The van der Waals surface area contributed by atoms with Crippen molar-refractivity contribution in [2.75, 3.05) is 11.9 Å². The quantitative estimate of drug-likeness (QED) is 0.770. The topological polar surface area (TPSA) is 33.2 Å². The molecule has 3 nitrogen and oxygen atoms in total. The summed E-state index contributed by atoms with van der Waals surface area (Å²) >= 11 is 0. The van der Waals surface area contributed by atoms with Gasteiger partial charge < -0.3 is 0 Å². The lowest BCUT2D eigenvalue weighted by Crippen LogP contribution is -2.28. The number of carbonyl (C=O) groups is 1. The first kappa shape index (κ1) is 12.7. The van der Waals surface area contributed by atoms with Gasteiger partial charge in [0.25, 0.3) is 0 Å².